The Balaban J connectivity index is 1.64. The van der Waals surface area contributed by atoms with Gasteiger partial charge in [-0.2, -0.15) is 5.26 Å². The van der Waals surface area contributed by atoms with Crippen molar-refractivity contribution in [2.75, 3.05) is 6.54 Å². The second-order valence-corrected chi connectivity index (χ2v) is 7.21. The van der Waals surface area contributed by atoms with Crippen molar-refractivity contribution in [3.63, 3.8) is 0 Å². The third-order valence-corrected chi connectivity index (χ3v) is 5.78. The van der Waals surface area contributed by atoms with Crippen LogP contribution in [0.25, 0.3) is 17.0 Å². The maximum absolute atomic E-state index is 13.1. The molecule has 25 heavy (non-hydrogen) atoms. The summed E-state index contributed by atoms with van der Waals surface area (Å²) in [5.41, 5.74) is 2.16. The molecule has 0 radical (unpaired) electrons. The number of H-pyrrole nitrogens is 1. The van der Waals surface area contributed by atoms with E-state index in [1.54, 1.807) is 6.08 Å². The van der Waals surface area contributed by atoms with Crippen LogP contribution in [0, 0.1) is 17.2 Å². The van der Waals surface area contributed by atoms with Crippen LogP contribution in [-0.2, 0) is 4.79 Å². The average molecular weight is 333 g/mol. The molecule has 4 heteroatoms. The summed E-state index contributed by atoms with van der Waals surface area (Å²) in [5, 5.41) is 10.7. The van der Waals surface area contributed by atoms with E-state index in [-0.39, 0.29) is 11.5 Å². The first-order chi connectivity index (χ1) is 12.3. The molecule has 1 aromatic carbocycles. The van der Waals surface area contributed by atoms with Gasteiger partial charge in [-0.15, -0.1) is 0 Å². The third kappa shape index (κ3) is 2.95. The van der Waals surface area contributed by atoms with Crippen LogP contribution >= 0.6 is 0 Å². The molecule has 1 saturated heterocycles. The molecule has 0 spiro atoms. The number of likely N-dealkylation sites (tertiary alicyclic amines) is 1. The Bertz CT molecular complexity index is 855. The monoisotopic (exact) mass is 333 g/mol. The van der Waals surface area contributed by atoms with Crippen LogP contribution in [0.15, 0.2) is 36.0 Å². The number of nitrogens with zero attached hydrogens (tertiary/aromatic N) is 2. The number of hydrogen-bond donors (Lipinski definition) is 1. The number of nitrogens with one attached hydrogen (secondary N) is 1. The number of aromatic nitrogens is 1. The van der Waals surface area contributed by atoms with Crippen molar-refractivity contribution in [3.05, 3.63) is 41.6 Å². The average Bonchev–Trinajstić information content (AvgIpc) is 3.08. The number of rotatable bonds is 2. The first-order valence-electron chi connectivity index (χ1n) is 9.27. The van der Waals surface area contributed by atoms with Gasteiger partial charge in [0.25, 0.3) is 5.91 Å². The Hall–Kier alpha value is -2.54. The van der Waals surface area contributed by atoms with Crippen molar-refractivity contribution in [2.24, 2.45) is 5.92 Å². The number of aromatic amines is 1. The molecule has 1 saturated carbocycles. The highest BCUT2D eigenvalue weighted by atomic mass is 16.2. The van der Waals surface area contributed by atoms with E-state index in [4.69, 9.17) is 0 Å². The van der Waals surface area contributed by atoms with Crippen LogP contribution in [-0.4, -0.2) is 28.4 Å². The van der Waals surface area contributed by atoms with Crippen molar-refractivity contribution < 1.29 is 4.79 Å². The zero-order valence-electron chi connectivity index (χ0n) is 14.4. The number of amides is 1. The Morgan fingerprint density at radius 1 is 1.20 bits per heavy atom. The van der Waals surface area contributed by atoms with Gasteiger partial charge in [-0.25, -0.2) is 0 Å². The highest BCUT2D eigenvalue weighted by molar-refractivity contribution is 6.04. The molecule has 4 rings (SSSR count). The van der Waals surface area contributed by atoms with E-state index >= 15 is 0 Å². The lowest BCUT2D eigenvalue weighted by Gasteiger charge is -2.44. The van der Waals surface area contributed by atoms with E-state index in [1.807, 2.05) is 35.4 Å². The molecule has 1 N–H and O–H groups in total. The fourth-order valence-corrected chi connectivity index (χ4v) is 4.54. The molecule has 2 aliphatic rings. The smallest absolute Gasteiger partial charge is 0.264 e. The second-order valence-electron chi connectivity index (χ2n) is 7.21. The predicted octanol–water partition coefficient (Wildman–Crippen LogP) is 4.26. The van der Waals surface area contributed by atoms with Gasteiger partial charge in [-0.1, -0.05) is 31.0 Å². The summed E-state index contributed by atoms with van der Waals surface area (Å²) >= 11 is 0. The summed E-state index contributed by atoms with van der Waals surface area (Å²) in [6, 6.07) is 10.4. The molecule has 128 valence electrons. The Morgan fingerprint density at radius 2 is 2.00 bits per heavy atom. The van der Waals surface area contributed by atoms with E-state index in [9.17, 15) is 10.1 Å². The molecular weight excluding hydrogens is 310 g/mol. The van der Waals surface area contributed by atoms with Gasteiger partial charge < -0.3 is 9.88 Å². The standard InChI is InChI=1S/C21H23N3O/c22-13-16(12-17-14-23-19-9-3-2-8-18(17)19)21(25)24-11-5-7-15-6-1-4-10-20(15)24/h2-3,8-9,12,14-15,20,23H,1,4-7,10-11H2/b16-12+. The van der Waals surface area contributed by atoms with Gasteiger partial charge in [0, 0.05) is 35.2 Å². The molecule has 2 fully saturated rings. The SMILES string of the molecule is N#C/C(=C\c1c[nH]c2ccccc12)C(=O)N1CCCC2CCCCC21. The maximum Gasteiger partial charge on any atom is 0.264 e. The van der Waals surface area contributed by atoms with Gasteiger partial charge in [0.15, 0.2) is 0 Å². The molecule has 2 atom stereocenters. The summed E-state index contributed by atoms with van der Waals surface area (Å²) in [5.74, 6) is 0.531. The number of carbonyl (C=O) groups is 1. The second kappa shape index (κ2) is 6.76. The molecule has 2 unspecified atom stereocenters. The third-order valence-electron chi connectivity index (χ3n) is 5.78. The first-order valence-corrected chi connectivity index (χ1v) is 9.27. The number of carbonyl (C=O) groups excluding carboxylic acids is 1. The summed E-state index contributed by atoms with van der Waals surface area (Å²) in [4.78, 5) is 18.3. The first kappa shape index (κ1) is 16.0. The Kier molecular flexibility index (Phi) is 4.31. The van der Waals surface area contributed by atoms with Gasteiger partial charge >= 0.3 is 0 Å². The largest absolute Gasteiger partial charge is 0.361 e. The van der Waals surface area contributed by atoms with Crippen LogP contribution in [0.2, 0.25) is 0 Å². The molecule has 4 nitrogen and oxygen atoms in total. The number of fused-ring (bicyclic) bond motifs is 2. The lowest BCUT2D eigenvalue weighted by atomic mass is 9.78. The lowest BCUT2D eigenvalue weighted by Crippen LogP contribution is -2.50. The van der Waals surface area contributed by atoms with Crippen molar-refractivity contribution >= 4 is 22.9 Å². The van der Waals surface area contributed by atoms with Gasteiger partial charge in [-0.3, -0.25) is 4.79 Å². The molecule has 2 heterocycles. The number of nitriles is 1. The van der Waals surface area contributed by atoms with Gasteiger partial charge in [0.1, 0.15) is 11.6 Å². The highest BCUT2D eigenvalue weighted by Crippen LogP contribution is 2.36. The van der Waals surface area contributed by atoms with Crippen LogP contribution < -0.4 is 0 Å². The number of hydrogen-bond acceptors (Lipinski definition) is 2. The zero-order chi connectivity index (χ0) is 17.2. The van der Waals surface area contributed by atoms with Crippen LogP contribution in [0.1, 0.15) is 44.1 Å². The lowest BCUT2D eigenvalue weighted by molar-refractivity contribution is -0.132. The summed E-state index contributed by atoms with van der Waals surface area (Å²) < 4.78 is 0. The fourth-order valence-electron chi connectivity index (χ4n) is 4.54. The van der Waals surface area contributed by atoms with E-state index < -0.39 is 0 Å². The minimum absolute atomic E-state index is 0.0932. The minimum Gasteiger partial charge on any atom is -0.361 e. The molecule has 1 amide bonds. The van der Waals surface area contributed by atoms with E-state index in [1.165, 1.54) is 25.7 Å². The Morgan fingerprint density at radius 3 is 2.88 bits per heavy atom. The normalized spacial score (nSPS) is 24.0. The van der Waals surface area contributed by atoms with Crippen LogP contribution in [0.5, 0.6) is 0 Å². The van der Waals surface area contributed by atoms with E-state index in [2.05, 4.69) is 11.1 Å². The topological polar surface area (TPSA) is 59.9 Å². The van der Waals surface area contributed by atoms with Crippen LogP contribution in [0.4, 0.5) is 0 Å². The number of benzene rings is 1. The van der Waals surface area contributed by atoms with Crippen LogP contribution in [0.3, 0.4) is 0 Å². The molecule has 0 bridgehead atoms. The van der Waals surface area contributed by atoms with Gasteiger partial charge in [-0.05, 0) is 43.7 Å². The highest BCUT2D eigenvalue weighted by Gasteiger charge is 2.36. The van der Waals surface area contributed by atoms with Crippen molar-refractivity contribution in [1.82, 2.24) is 9.88 Å². The zero-order valence-corrected chi connectivity index (χ0v) is 14.4. The van der Waals surface area contributed by atoms with Gasteiger partial charge in [0.2, 0.25) is 0 Å². The number of piperidine rings is 1. The maximum atomic E-state index is 13.1. The summed E-state index contributed by atoms with van der Waals surface area (Å²) in [6.45, 7) is 0.785. The molecule has 2 aromatic rings. The van der Waals surface area contributed by atoms with Crippen molar-refractivity contribution in [3.8, 4) is 6.07 Å². The van der Waals surface area contributed by atoms with Crippen molar-refractivity contribution in [2.45, 2.75) is 44.6 Å². The quantitative estimate of drug-likeness (QED) is 0.659. The minimum atomic E-state index is -0.0932. The fraction of sp³-hybridized carbons (Fsp3) is 0.429. The Labute approximate surface area is 148 Å². The summed E-state index contributed by atoms with van der Waals surface area (Å²) in [6.07, 6.45) is 10.7. The van der Waals surface area contributed by atoms with Crippen molar-refractivity contribution in [1.29, 1.82) is 5.26 Å². The summed E-state index contributed by atoms with van der Waals surface area (Å²) in [7, 11) is 0. The number of para-hydroxylation sites is 1. The molecule has 1 aliphatic heterocycles. The van der Waals surface area contributed by atoms with Gasteiger partial charge in [0.05, 0.1) is 0 Å². The molecule has 1 aromatic heterocycles. The van der Waals surface area contributed by atoms with E-state index in [0.29, 0.717) is 12.0 Å². The molecule has 1 aliphatic carbocycles. The van der Waals surface area contributed by atoms with E-state index in [0.717, 1.165) is 35.9 Å². The predicted molar refractivity (Wildman–Crippen MR) is 98.6 cm³/mol. The molecular formula is C21H23N3O.